The summed E-state index contributed by atoms with van der Waals surface area (Å²) in [6.07, 6.45) is 0.687. The number of para-hydroxylation sites is 1. The van der Waals surface area contributed by atoms with Crippen molar-refractivity contribution in [2.24, 2.45) is 0 Å². The Labute approximate surface area is 196 Å². The van der Waals surface area contributed by atoms with Crippen molar-refractivity contribution in [3.63, 3.8) is 0 Å². The molecule has 4 rings (SSSR count). The van der Waals surface area contributed by atoms with Crippen LogP contribution < -0.4 is 4.90 Å². The summed E-state index contributed by atoms with van der Waals surface area (Å²) < 4.78 is 5.83. The first-order valence-electron chi connectivity index (χ1n) is 10.0. The molecule has 2 aromatic rings. The van der Waals surface area contributed by atoms with Crippen LogP contribution in [0.25, 0.3) is 5.57 Å². The molecule has 2 aliphatic rings. The second kappa shape index (κ2) is 9.53. The number of carbonyl (C=O) groups excluding carboxylic acids is 2. The number of rotatable bonds is 7. The zero-order chi connectivity index (χ0) is 22.0. The Morgan fingerprint density at radius 2 is 1.77 bits per heavy atom. The summed E-state index contributed by atoms with van der Waals surface area (Å²) >= 11 is 13.0. The third-order valence-corrected chi connectivity index (χ3v) is 6.98. The maximum absolute atomic E-state index is 13.5. The number of halogens is 1. The number of anilines is 1. The average molecular weight is 473 g/mol. The average Bonchev–Trinajstić information content (AvgIpc) is 3.20. The minimum Gasteiger partial charge on any atom is -0.382 e. The van der Waals surface area contributed by atoms with Gasteiger partial charge in [0.15, 0.2) is 0 Å². The Kier molecular flexibility index (Phi) is 6.77. The smallest absolute Gasteiger partial charge is 0.267 e. The van der Waals surface area contributed by atoms with E-state index in [2.05, 4.69) is 0 Å². The fourth-order valence-corrected chi connectivity index (χ4v) is 5.24. The van der Waals surface area contributed by atoms with E-state index < -0.39 is 0 Å². The maximum Gasteiger partial charge on any atom is 0.267 e. The first-order valence-corrected chi connectivity index (χ1v) is 11.6. The van der Waals surface area contributed by atoms with Gasteiger partial charge in [0, 0.05) is 30.3 Å². The second-order valence-corrected chi connectivity index (χ2v) is 9.13. The number of carbonyl (C=O) groups is 2. The van der Waals surface area contributed by atoms with E-state index in [-0.39, 0.29) is 11.8 Å². The Morgan fingerprint density at radius 3 is 2.55 bits per heavy atom. The molecule has 0 unspecified atom stereocenters. The van der Waals surface area contributed by atoms with E-state index in [1.165, 1.54) is 11.8 Å². The molecule has 160 valence electrons. The Balaban J connectivity index is 1.66. The van der Waals surface area contributed by atoms with Crippen LogP contribution >= 0.6 is 35.6 Å². The molecule has 2 amide bonds. The number of amides is 2. The zero-order valence-electron chi connectivity index (χ0n) is 17.0. The fraction of sp³-hybridized carbons (Fsp3) is 0.261. The van der Waals surface area contributed by atoms with Gasteiger partial charge in [-0.15, -0.1) is 0 Å². The molecule has 1 saturated heterocycles. The van der Waals surface area contributed by atoms with Gasteiger partial charge in [-0.3, -0.25) is 14.5 Å². The SMILES string of the molecule is CCOCCCN1C(=O)C(=C2C(=O)N(Cc3ccccc3Cl)c3ccccc32)SC1=S. The van der Waals surface area contributed by atoms with Crippen molar-refractivity contribution in [3.05, 3.63) is 69.6 Å². The summed E-state index contributed by atoms with van der Waals surface area (Å²) in [6.45, 7) is 3.93. The number of hydrogen-bond donors (Lipinski definition) is 0. The number of nitrogens with zero attached hydrogens (tertiary/aromatic N) is 2. The van der Waals surface area contributed by atoms with Crippen molar-refractivity contribution in [3.8, 4) is 0 Å². The standard InChI is InChI=1S/C23H21ClN2O3S2/c1-2-29-13-7-12-25-22(28)20(31-23(25)30)19-16-9-4-6-11-18(16)26(21(19)27)14-15-8-3-5-10-17(15)24/h3-6,8-11H,2,7,12-14H2,1H3. The third kappa shape index (κ3) is 4.28. The summed E-state index contributed by atoms with van der Waals surface area (Å²) in [5.74, 6) is -0.430. The van der Waals surface area contributed by atoms with Crippen LogP contribution in [0, 0.1) is 0 Å². The van der Waals surface area contributed by atoms with Crippen molar-refractivity contribution < 1.29 is 14.3 Å². The molecule has 2 heterocycles. The molecular formula is C23H21ClN2O3S2. The molecule has 0 saturated carbocycles. The topological polar surface area (TPSA) is 49.9 Å². The molecule has 0 aromatic heterocycles. The van der Waals surface area contributed by atoms with Crippen molar-refractivity contribution in [2.75, 3.05) is 24.7 Å². The Morgan fingerprint density at radius 1 is 1.03 bits per heavy atom. The van der Waals surface area contributed by atoms with Crippen LogP contribution in [0.15, 0.2) is 53.4 Å². The van der Waals surface area contributed by atoms with Crippen LogP contribution in [0.4, 0.5) is 5.69 Å². The molecule has 5 nitrogen and oxygen atoms in total. The first-order chi connectivity index (χ1) is 15.0. The lowest BCUT2D eigenvalue weighted by Crippen LogP contribution is -2.30. The highest BCUT2D eigenvalue weighted by Crippen LogP contribution is 2.45. The predicted molar refractivity (Wildman–Crippen MR) is 129 cm³/mol. The van der Waals surface area contributed by atoms with Crippen LogP contribution in [0.5, 0.6) is 0 Å². The van der Waals surface area contributed by atoms with Gasteiger partial charge in [-0.05, 0) is 31.0 Å². The van der Waals surface area contributed by atoms with Gasteiger partial charge < -0.3 is 9.64 Å². The number of thioether (sulfide) groups is 1. The summed E-state index contributed by atoms with van der Waals surface area (Å²) in [4.78, 5) is 30.3. The van der Waals surface area contributed by atoms with E-state index in [0.717, 1.165) is 16.8 Å². The lowest BCUT2D eigenvalue weighted by atomic mass is 10.1. The van der Waals surface area contributed by atoms with Gasteiger partial charge in [0.25, 0.3) is 11.8 Å². The van der Waals surface area contributed by atoms with Crippen LogP contribution in [-0.4, -0.2) is 40.8 Å². The van der Waals surface area contributed by atoms with Crippen LogP contribution in [0.1, 0.15) is 24.5 Å². The number of benzene rings is 2. The summed E-state index contributed by atoms with van der Waals surface area (Å²) in [5.41, 5.74) is 2.77. The van der Waals surface area contributed by atoms with Crippen molar-refractivity contribution in [1.29, 1.82) is 0 Å². The van der Waals surface area contributed by atoms with E-state index >= 15 is 0 Å². The molecule has 0 radical (unpaired) electrons. The zero-order valence-corrected chi connectivity index (χ0v) is 19.4. The number of fused-ring (bicyclic) bond motifs is 1. The van der Waals surface area contributed by atoms with Gasteiger partial charge in [0.05, 0.1) is 22.7 Å². The van der Waals surface area contributed by atoms with Crippen LogP contribution in [-0.2, 0) is 20.9 Å². The van der Waals surface area contributed by atoms with Gasteiger partial charge in [0.1, 0.15) is 4.32 Å². The normalized spacial score (nSPS) is 18.3. The molecule has 2 aliphatic heterocycles. The third-order valence-electron chi connectivity index (χ3n) is 5.16. The van der Waals surface area contributed by atoms with Crippen molar-refractivity contribution in [2.45, 2.75) is 19.9 Å². The van der Waals surface area contributed by atoms with E-state index in [1.807, 2.05) is 49.4 Å². The molecule has 0 N–H and O–H groups in total. The molecule has 2 aromatic carbocycles. The lowest BCUT2D eigenvalue weighted by molar-refractivity contribution is -0.122. The molecular weight excluding hydrogens is 452 g/mol. The van der Waals surface area contributed by atoms with Crippen LogP contribution in [0.2, 0.25) is 5.02 Å². The van der Waals surface area contributed by atoms with E-state index in [0.29, 0.717) is 52.5 Å². The van der Waals surface area contributed by atoms with Crippen molar-refractivity contribution in [1.82, 2.24) is 4.90 Å². The lowest BCUT2D eigenvalue weighted by Gasteiger charge is -2.18. The minimum absolute atomic E-state index is 0.212. The highest BCUT2D eigenvalue weighted by molar-refractivity contribution is 8.26. The van der Waals surface area contributed by atoms with Gasteiger partial charge >= 0.3 is 0 Å². The molecule has 0 atom stereocenters. The molecule has 0 bridgehead atoms. The molecule has 1 fully saturated rings. The number of ether oxygens (including phenoxy) is 1. The minimum atomic E-state index is -0.218. The highest BCUT2D eigenvalue weighted by Gasteiger charge is 2.41. The van der Waals surface area contributed by atoms with E-state index in [4.69, 9.17) is 28.6 Å². The largest absolute Gasteiger partial charge is 0.382 e. The Hall–Kier alpha value is -2.19. The van der Waals surface area contributed by atoms with Crippen LogP contribution in [0.3, 0.4) is 0 Å². The van der Waals surface area contributed by atoms with Gasteiger partial charge in [-0.1, -0.05) is 72.0 Å². The predicted octanol–water partition coefficient (Wildman–Crippen LogP) is 4.88. The summed E-state index contributed by atoms with van der Waals surface area (Å²) in [7, 11) is 0. The monoisotopic (exact) mass is 472 g/mol. The van der Waals surface area contributed by atoms with Crippen molar-refractivity contribution >= 4 is 63.0 Å². The fourth-order valence-electron chi connectivity index (χ4n) is 3.66. The molecule has 0 spiro atoms. The van der Waals surface area contributed by atoms with Gasteiger partial charge in [-0.2, -0.15) is 0 Å². The Bertz CT molecular complexity index is 1090. The van der Waals surface area contributed by atoms with Gasteiger partial charge in [0.2, 0.25) is 0 Å². The quantitative estimate of drug-likeness (QED) is 0.326. The highest BCUT2D eigenvalue weighted by atomic mass is 35.5. The number of thiocarbonyl (C=S) groups is 1. The second-order valence-electron chi connectivity index (χ2n) is 7.08. The maximum atomic E-state index is 13.5. The van der Waals surface area contributed by atoms with E-state index in [9.17, 15) is 9.59 Å². The summed E-state index contributed by atoms with van der Waals surface area (Å²) in [6, 6.07) is 15.0. The molecule has 0 aliphatic carbocycles. The molecule has 8 heteroatoms. The van der Waals surface area contributed by atoms with E-state index in [1.54, 1.807) is 15.9 Å². The molecule has 31 heavy (non-hydrogen) atoms. The first kappa shape index (κ1) is 22.0. The van der Waals surface area contributed by atoms with Gasteiger partial charge in [-0.25, -0.2) is 0 Å². The number of hydrogen-bond acceptors (Lipinski definition) is 5. The summed E-state index contributed by atoms with van der Waals surface area (Å²) in [5, 5.41) is 0.599.